The van der Waals surface area contributed by atoms with Gasteiger partial charge in [-0.2, -0.15) is 0 Å². The second kappa shape index (κ2) is 5.45. The molecule has 1 aliphatic rings. The number of thiazole rings is 1. The summed E-state index contributed by atoms with van der Waals surface area (Å²) in [5, 5.41) is 8.70. The first-order valence-electron chi connectivity index (χ1n) is 5.71. The Labute approximate surface area is 109 Å². The molecule has 1 saturated heterocycles. The van der Waals surface area contributed by atoms with Gasteiger partial charge in [0.15, 0.2) is 0 Å². The fourth-order valence-corrected chi connectivity index (χ4v) is 2.72. The van der Waals surface area contributed by atoms with Crippen LogP contribution in [0.5, 0.6) is 0 Å². The van der Waals surface area contributed by atoms with Crippen LogP contribution >= 0.6 is 11.3 Å². The molecule has 1 aliphatic heterocycles. The van der Waals surface area contributed by atoms with Gasteiger partial charge in [0.2, 0.25) is 0 Å². The average molecular weight is 269 g/mol. The van der Waals surface area contributed by atoms with Crippen LogP contribution in [0.15, 0.2) is 5.51 Å². The van der Waals surface area contributed by atoms with Crippen molar-refractivity contribution >= 4 is 23.2 Å². The monoisotopic (exact) mass is 269 g/mol. The van der Waals surface area contributed by atoms with Crippen LogP contribution in [0.1, 0.15) is 15.4 Å². The maximum Gasteiger partial charge on any atom is 0.317 e. The summed E-state index contributed by atoms with van der Waals surface area (Å²) in [6, 6.07) is 0. The van der Waals surface area contributed by atoms with Crippen molar-refractivity contribution in [2.75, 3.05) is 32.7 Å². The van der Waals surface area contributed by atoms with E-state index in [4.69, 9.17) is 5.11 Å². The fraction of sp³-hybridized carbons (Fsp3) is 0.545. The maximum atomic E-state index is 12.2. The van der Waals surface area contributed by atoms with E-state index in [-0.39, 0.29) is 12.5 Å². The summed E-state index contributed by atoms with van der Waals surface area (Å²) in [4.78, 5) is 31.1. The lowest BCUT2D eigenvalue weighted by atomic mass is 10.2. The third-order valence-electron chi connectivity index (χ3n) is 2.96. The van der Waals surface area contributed by atoms with Crippen molar-refractivity contribution in [2.24, 2.45) is 0 Å². The Bertz CT molecular complexity index is 452. The van der Waals surface area contributed by atoms with Gasteiger partial charge in [-0.3, -0.25) is 14.5 Å². The van der Waals surface area contributed by atoms with E-state index in [2.05, 4.69) is 4.98 Å². The highest BCUT2D eigenvalue weighted by atomic mass is 32.1. The van der Waals surface area contributed by atoms with Crippen LogP contribution in [0.2, 0.25) is 0 Å². The molecular formula is C11H15N3O3S. The van der Waals surface area contributed by atoms with Gasteiger partial charge in [-0.05, 0) is 6.92 Å². The topological polar surface area (TPSA) is 73.7 Å². The van der Waals surface area contributed by atoms with Crippen LogP contribution in [0, 0.1) is 6.92 Å². The molecule has 1 aromatic heterocycles. The Kier molecular flexibility index (Phi) is 3.93. The van der Waals surface area contributed by atoms with Gasteiger partial charge >= 0.3 is 5.97 Å². The number of aryl methyl sites for hydroxylation is 1. The van der Waals surface area contributed by atoms with Crippen LogP contribution in [0.3, 0.4) is 0 Å². The minimum Gasteiger partial charge on any atom is -0.480 e. The normalized spacial score (nSPS) is 16.8. The molecule has 1 fully saturated rings. The van der Waals surface area contributed by atoms with Gasteiger partial charge in [-0.15, -0.1) is 11.3 Å². The highest BCUT2D eigenvalue weighted by molar-refractivity contribution is 7.11. The van der Waals surface area contributed by atoms with Crippen LogP contribution < -0.4 is 0 Å². The summed E-state index contributed by atoms with van der Waals surface area (Å²) in [5.74, 6) is -0.821. The number of nitrogens with zero attached hydrogens (tertiary/aromatic N) is 3. The van der Waals surface area contributed by atoms with Gasteiger partial charge in [-0.25, -0.2) is 4.98 Å². The van der Waals surface area contributed by atoms with E-state index < -0.39 is 5.97 Å². The van der Waals surface area contributed by atoms with E-state index in [0.717, 1.165) is 5.69 Å². The zero-order valence-corrected chi connectivity index (χ0v) is 10.9. The van der Waals surface area contributed by atoms with Gasteiger partial charge in [-0.1, -0.05) is 0 Å². The number of hydrogen-bond donors (Lipinski definition) is 1. The van der Waals surface area contributed by atoms with E-state index in [1.165, 1.54) is 11.3 Å². The standard InChI is InChI=1S/C11H15N3O3S/c1-8-10(18-7-12-8)11(17)14-4-2-13(3-5-14)6-9(15)16/h7H,2-6H2,1H3,(H,15,16). The van der Waals surface area contributed by atoms with Gasteiger partial charge in [0.1, 0.15) is 4.88 Å². The summed E-state index contributed by atoms with van der Waals surface area (Å²) >= 11 is 1.35. The van der Waals surface area contributed by atoms with Gasteiger partial charge in [0.25, 0.3) is 5.91 Å². The molecule has 1 aromatic rings. The van der Waals surface area contributed by atoms with E-state index >= 15 is 0 Å². The number of carbonyl (C=O) groups excluding carboxylic acids is 1. The number of carboxylic acid groups (broad SMARTS) is 1. The molecule has 2 rings (SSSR count). The number of carbonyl (C=O) groups is 2. The van der Waals surface area contributed by atoms with Gasteiger partial charge < -0.3 is 10.0 Å². The summed E-state index contributed by atoms with van der Waals surface area (Å²) in [6.07, 6.45) is 0. The molecule has 98 valence electrons. The lowest BCUT2D eigenvalue weighted by Crippen LogP contribution is -2.49. The number of piperazine rings is 1. The summed E-state index contributed by atoms with van der Waals surface area (Å²) in [6.45, 7) is 4.23. The molecule has 7 heteroatoms. The first-order valence-corrected chi connectivity index (χ1v) is 6.59. The average Bonchev–Trinajstić information content (AvgIpc) is 2.75. The first-order chi connectivity index (χ1) is 8.58. The molecule has 0 bridgehead atoms. The Hall–Kier alpha value is -1.47. The molecule has 1 amide bonds. The Morgan fingerprint density at radius 3 is 2.56 bits per heavy atom. The third-order valence-corrected chi connectivity index (χ3v) is 3.87. The molecule has 0 radical (unpaired) electrons. The molecule has 0 unspecified atom stereocenters. The molecule has 2 heterocycles. The summed E-state index contributed by atoms with van der Waals surface area (Å²) in [5.41, 5.74) is 2.43. The Morgan fingerprint density at radius 2 is 2.06 bits per heavy atom. The second-order valence-electron chi connectivity index (χ2n) is 4.23. The molecule has 0 atom stereocenters. The van der Waals surface area contributed by atoms with E-state index in [1.54, 1.807) is 10.4 Å². The number of aromatic nitrogens is 1. The van der Waals surface area contributed by atoms with Crippen molar-refractivity contribution in [1.82, 2.24) is 14.8 Å². The molecule has 0 saturated carbocycles. The predicted octanol–water partition coefficient (Wildman–Crippen LogP) is 0.294. The van der Waals surface area contributed by atoms with Crippen molar-refractivity contribution < 1.29 is 14.7 Å². The zero-order chi connectivity index (χ0) is 13.1. The number of amides is 1. The quantitative estimate of drug-likeness (QED) is 0.854. The Balaban J connectivity index is 1.92. The SMILES string of the molecule is Cc1ncsc1C(=O)N1CCN(CC(=O)O)CC1. The van der Waals surface area contributed by atoms with Crippen LogP contribution in [0.25, 0.3) is 0 Å². The molecule has 0 spiro atoms. The molecule has 1 N–H and O–H groups in total. The van der Waals surface area contributed by atoms with Crippen molar-refractivity contribution in [1.29, 1.82) is 0 Å². The van der Waals surface area contributed by atoms with Gasteiger partial charge in [0.05, 0.1) is 17.7 Å². The fourth-order valence-electron chi connectivity index (χ4n) is 1.95. The predicted molar refractivity (Wildman–Crippen MR) is 66.8 cm³/mol. The molecule has 0 aliphatic carbocycles. The highest BCUT2D eigenvalue weighted by Crippen LogP contribution is 2.16. The third kappa shape index (κ3) is 2.85. The molecule has 18 heavy (non-hydrogen) atoms. The first kappa shape index (κ1) is 13.0. The minimum absolute atomic E-state index is 0.00461. The largest absolute Gasteiger partial charge is 0.480 e. The van der Waals surface area contributed by atoms with Crippen LogP contribution in [0.4, 0.5) is 0 Å². The van der Waals surface area contributed by atoms with Crippen molar-refractivity contribution in [3.8, 4) is 0 Å². The van der Waals surface area contributed by atoms with Crippen LogP contribution in [-0.2, 0) is 4.79 Å². The number of carboxylic acids is 1. The van der Waals surface area contributed by atoms with Crippen molar-refractivity contribution in [2.45, 2.75) is 6.92 Å². The minimum atomic E-state index is -0.826. The lowest BCUT2D eigenvalue weighted by molar-refractivity contribution is -0.138. The van der Waals surface area contributed by atoms with E-state index in [9.17, 15) is 9.59 Å². The van der Waals surface area contributed by atoms with Gasteiger partial charge in [0, 0.05) is 26.2 Å². The highest BCUT2D eigenvalue weighted by Gasteiger charge is 2.24. The zero-order valence-electron chi connectivity index (χ0n) is 10.1. The van der Waals surface area contributed by atoms with E-state index in [0.29, 0.717) is 31.1 Å². The number of aliphatic carboxylic acids is 1. The summed E-state index contributed by atoms with van der Waals surface area (Å²) in [7, 11) is 0. The van der Waals surface area contributed by atoms with Crippen molar-refractivity contribution in [3.05, 3.63) is 16.1 Å². The van der Waals surface area contributed by atoms with E-state index in [1.807, 2.05) is 11.8 Å². The summed E-state index contributed by atoms with van der Waals surface area (Å²) < 4.78 is 0. The van der Waals surface area contributed by atoms with Crippen LogP contribution in [-0.4, -0.2) is 64.5 Å². The second-order valence-corrected chi connectivity index (χ2v) is 5.08. The number of rotatable bonds is 3. The maximum absolute atomic E-state index is 12.2. The molecule has 6 nitrogen and oxygen atoms in total. The number of hydrogen-bond acceptors (Lipinski definition) is 5. The lowest BCUT2D eigenvalue weighted by Gasteiger charge is -2.33. The van der Waals surface area contributed by atoms with Crippen molar-refractivity contribution in [3.63, 3.8) is 0 Å². The smallest absolute Gasteiger partial charge is 0.317 e. The Morgan fingerprint density at radius 1 is 1.39 bits per heavy atom. The molecule has 0 aromatic carbocycles. The molecular weight excluding hydrogens is 254 g/mol.